The second-order valence-corrected chi connectivity index (χ2v) is 12.7. The summed E-state index contributed by atoms with van der Waals surface area (Å²) in [6.07, 6.45) is 0. The molecule has 0 spiro atoms. The van der Waals surface area contributed by atoms with Crippen LogP contribution >= 0.6 is 53.8 Å². The molecule has 0 radical (unpaired) electrons. The summed E-state index contributed by atoms with van der Waals surface area (Å²) in [5.41, 5.74) is 1.99. The Morgan fingerprint density at radius 2 is 1.33 bits per heavy atom. The maximum absolute atomic E-state index is 12.7. The van der Waals surface area contributed by atoms with E-state index in [4.69, 9.17) is 9.05 Å². The molecule has 5 nitrogen and oxygen atoms in total. The van der Waals surface area contributed by atoms with E-state index in [1.807, 2.05) is 36.4 Å². The first-order valence-corrected chi connectivity index (χ1v) is 14.4. The molecule has 2 heterocycles. The summed E-state index contributed by atoms with van der Waals surface area (Å²) >= 11 is 6.46. The van der Waals surface area contributed by atoms with Crippen LogP contribution in [0.4, 0.5) is 0 Å². The molecule has 4 rings (SSSR count). The van der Waals surface area contributed by atoms with Crippen LogP contribution in [0.1, 0.15) is 0 Å². The molecule has 0 atom stereocenters. The van der Waals surface area contributed by atoms with Gasteiger partial charge in [-0.15, -0.1) is 22.7 Å². The maximum atomic E-state index is 12.7. The number of hydrogen-bond acceptors (Lipinski definition) is 9. The van der Waals surface area contributed by atoms with Crippen molar-refractivity contribution < 1.29 is 13.6 Å². The Hall–Kier alpha value is -1.19. The van der Waals surface area contributed by atoms with Crippen molar-refractivity contribution >= 4 is 74.2 Å². The first-order chi connectivity index (χ1) is 14.6. The van der Waals surface area contributed by atoms with Crippen molar-refractivity contribution in [1.82, 2.24) is 9.97 Å². The van der Waals surface area contributed by atoms with E-state index >= 15 is 0 Å². The van der Waals surface area contributed by atoms with Crippen LogP contribution in [-0.2, 0) is 13.6 Å². The largest absolute Gasteiger partial charge is 0.353 e. The molecule has 0 N–H and O–H groups in total. The van der Waals surface area contributed by atoms with Gasteiger partial charge in [0, 0.05) is 17.3 Å². The molecule has 30 heavy (non-hydrogen) atoms. The molecule has 0 fully saturated rings. The van der Waals surface area contributed by atoms with Crippen molar-refractivity contribution in [3.63, 3.8) is 0 Å². The molecule has 10 heteroatoms. The normalized spacial score (nSPS) is 12.0. The molecule has 0 aliphatic carbocycles. The Labute approximate surface area is 191 Å². The van der Waals surface area contributed by atoms with Gasteiger partial charge < -0.3 is 9.05 Å². The molecule has 0 amide bonds. The smallest absolute Gasteiger partial charge is 0.305 e. The van der Waals surface area contributed by atoms with Gasteiger partial charge >= 0.3 is 7.60 Å². The van der Waals surface area contributed by atoms with Crippen molar-refractivity contribution in [3.05, 3.63) is 60.9 Å². The number of thiazole rings is 2. The minimum Gasteiger partial charge on any atom is -0.305 e. The summed E-state index contributed by atoms with van der Waals surface area (Å²) in [6, 6.07) is 16.1. The number of hydrogen-bond donors (Lipinski definition) is 0. The van der Waals surface area contributed by atoms with Gasteiger partial charge in [0.1, 0.15) is 0 Å². The van der Waals surface area contributed by atoms with Gasteiger partial charge in [-0.1, -0.05) is 54.4 Å². The van der Waals surface area contributed by atoms with E-state index in [0.717, 1.165) is 29.1 Å². The zero-order valence-corrected chi connectivity index (χ0v) is 20.1. The standard InChI is InChI=1S/C20H19N2O3PS4/c1-2-26(23,24-11-13-27-19-21-15-7-3-5-9-17(15)29-19)25-12-14-28-20-22-16-8-4-6-10-18(16)30-20/h2-10H,1,11-14H2. The summed E-state index contributed by atoms with van der Waals surface area (Å²) < 4.78 is 28.0. The topological polar surface area (TPSA) is 61.3 Å². The Bertz CT molecular complexity index is 1040. The fourth-order valence-electron chi connectivity index (χ4n) is 2.56. The van der Waals surface area contributed by atoms with E-state index in [2.05, 4.69) is 28.7 Å². The molecular weight excluding hydrogens is 475 g/mol. The van der Waals surface area contributed by atoms with Crippen LogP contribution in [0.3, 0.4) is 0 Å². The number of thioether (sulfide) groups is 2. The predicted octanol–water partition coefficient (Wildman–Crippen LogP) is 7.16. The lowest BCUT2D eigenvalue weighted by molar-refractivity contribution is 0.232. The highest BCUT2D eigenvalue weighted by molar-refractivity contribution is 8.01. The van der Waals surface area contributed by atoms with Crippen molar-refractivity contribution in [1.29, 1.82) is 0 Å². The Kier molecular flexibility index (Phi) is 7.64. The summed E-state index contributed by atoms with van der Waals surface area (Å²) in [4.78, 5) is 9.14. The lowest BCUT2D eigenvalue weighted by Gasteiger charge is -2.14. The van der Waals surface area contributed by atoms with Crippen molar-refractivity contribution in [3.8, 4) is 0 Å². The lowest BCUT2D eigenvalue weighted by atomic mass is 10.3. The SMILES string of the molecule is C=CP(=O)(OCCSc1nc2ccccc2s1)OCCSc1nc2ccccc2s1. The molecule has 156 valence electrons. The van der Waals surface area contributed by atoms with Crippen LogP contribution < -0.4 is 0 Å². The quantitative estimate of drug-likeness (QED) is 0.124. The van der Waals surface area contributed by atoms with Crippen LogP contribution in [0.5, 0.6) is 0 Å². The molecule has 0 aliphatic rings. The van der Waals surface area contributed by atoms with Crippen molar-refractivity contribution in [2.45, 2.75) is 8.68 Å². The molecule has 0 bridgehead atoms. The van der Waals surface area contributed by atoms with Gasteiger partial charge in [0.25, 0.3) is 0 Å². The third-order valence-corrected chi connectivity index (χ3v) is 9.75. The van der Waals surface area contributed by atoms with Gasteiger partial charge in [-0.3, -0.25) is 4.57 Å². The Morgan fingerprint density at radius 1 is 0.867 bits per heavy atom. The number of aromatic nitrogens is 2. The van der Waals surface area contributed by atoms with Crippen molar-refractivity contribution in [2.75, 3.05) is 24.7 Å². The highest BCUT2D eigenvalue weighted by Gasteiger charge is 2.20. The minimum atomic E-state index is -3.30. The fourth-order valence-corrected chi connectivity index (χ4v) is 7.69. The summed E-state index contributed by atoms with van der Waals surface area (Å²) in [7, 11) is -3.30. The molecule has 0 saturated heterocycles. The molecule has 4 aromatic rings. The first kappa shape index (κ1) is 22.0. The van der Waals surface area contributed by atoms with E-state index < -0.39 is 7.60 Å². The monoisotopic (exact) mass is 494 g/mol. The lowest BCUT2D eigenvalue weighted by Crippen LogP contribution is -2.00. The zero-order chi connectivity index (χ0) is 20.8. The second kappa shape index (κ2) is 10.4. The highest BCUT2D eigenvalue weighted by Crippen LogP contribution is 2.49. The fraction of sp³-hybridized carbons (Fsp3) is 0.200. The average molecular weight is 495 g/mol. The van der Waals surface area contributed by atoms with Crippen LogP contribution in [0.2, 0.25) is 0 Å². The summed E-state index contributed by atoms with van der Waals surface area (Å²) in [5, 5.41) is 0. The van der Waals surface area contributed by atoms with Gasteiger partial charge in [-0.2, -0.15) is 0 Å². The van der Waals surface area contributed by atoms with Gasteiger partial charge in [0.15, 0.2) is 8.68 Å². The average Bonchev–Trinajstić information content (AvgIpc) is 3.37. The van der Waals surface area contributed by atoms with Crippen LogP contribution in [0.25, 0.3) is 20.4 Å². The number of rotatable bonds is 11. The predicted molar refractivity (Wildman–Crippen MR) is 130 cm³/mol. The van der Waals surface area contributed by atoms with E-state index in [0.29, 0.717) is 24.7 Å². The van der Waals surface area contributed by atoms with Crippen molar-refractivity contribution in [2.24, 2.45) is 0 Å². The molecule has 0 unspecified atom stereocenters. The highest BCUT2D eigenvalue weighted by atomic mass is 32.2. The van der Waals surface area contributed by atoms with Crippen LogP contribution in [0.15, 0.2) is 69.6 Å². The molecular formula is C20H19N2O3PS4. The number of para-hydroxylation sites is 2. The van der Waals surface area contributed by atoms with Gasteiger partial charge in [-0.05, 0) is 24.3 Å². The summed E-state index contributed by atoms with van der Waals surface area (Å²) in [5.74, 6) is 2.56. The number of fused-ring (bicyclic) bond motifs is 2. The molecule has 2 aromatic carbocycles. The molecule has 2 aromatic heterocycles. The zero-order valence-electron chi connectivity index (χ0n) is 15.9. The minimum absolute atomic E-state index is 0.300. The third-order valence-electron chi connectivity index (χ3n) is 3.93. The Balaban J connectivity index is 1.19. The third kappa shape index (κ3) is 5.73. The maximum Gasteiger partial charge on any atom is 0.353 e. The number of benzene rings is 2. The van der Waals surface area contributed by atoms with Gasteiger partial charge in [0.05, 0.1) is 33.6 Å². The Morgan fingerprint density at radius 3 is 1.77 bits per heavy atom. The van der Waals surface area contributed by atoms with Gasteiger partial charge in [-0.25, -0.2) is 9.97 Å². The first-order valence-electron chi connectivity index (χ1n) is 9.14. The number of nitrogens with zero attached hydrogens (tertiary/aromatic N) is 2. The second-order valence-electron chi connectivity index (χ2n) is 5.98. The van der Waals surface area contributed by atoms with Crippen LogP contribution in [0, 0.1) is 0 Å². The van der Waals surface area contributed by atoms with E-state index in [-0.39, 0.29) is 0 Å². The van der Waals surface area contributed by atoms with E-state index in [1.54, 1.807) is 46.2 Å². The van der Waals surface area contributed by atoms with Crippen LogP contribution in [-0.4, -0.2) is 34.7 Å². The molecule has 0 saturated carbocycles. The summed E-state index contributed by atoms with van der Waals surface area (Å²) in [6.45, 7) is 4.22. The van der Waals surface area contributed by atoms with Gasteiger partial charge in [0.2, 0.25) is 0 Å². The van der Waals surface area contributed by atoms with E-state index in [9.17, 15) is 4.57 Å². The molecule has 0 aliphatic heterocycles. The van der Waals surface area contributed by atoms with E-state index in [1.165, 1.54) is 5.82 Å².